The van der Waals surface area contributed by atoms with E-state index in [1.54, 1.807) is 9.70 Å². The van der Waals surface area contributed by atoms with Gasteiger partial charge in [-0.05, 0) is 24.6 Å². The maximum Gasteiger partial charge on any atom is 0.0837 e. The van der Waals surface area contributed by atoms with Crippen LogP contribution in [0.2, 0.25) is 0 Å². The Morgan fingerprint density at radius 2 is 2.11 bits per heavy atom. The molecule has 52 valence electrons. The Hall–Kier alpha value is 0.170. The molecule has 2 aliphatic heterocycles. The topological polar surface area (TPSA) is 15.7 Å². The molecule has 2 unspecified atom stereocenters. The lowest BCUT2D eigenvalue weighted by molar-refractivity contribution is -0.260. The Labute approximate surface area is 59.2 Å². The van der Waals surface area contributed by atoms with Gasteiger partial charge in [0, 0.05) is 13.1 Å². The summed E-state index contributed by atoms with van der Waals surface area (Å²) in [6, 6.07) is 0. The largest absolute Gasteiger partial charge is 0.279 e. The van der Waals surface area contributed by atoms with E-state index in [0.29, 0.717) is 6.10 Å². The van der Waals surface area contributed by atoms with Crippen molar-refractivity contribution in [1.29, 1.82) is 0 Å². The van der Waals surface area contributed by atoms with Crippen molar-refractivity contribution in [3.05, 3.63) is 0 Å². The maximum absolute atomic E-state index is 5.74. The van der Waals surface area contributed by atoms with Crippen LogP contribution in [-0.2, 0) is 4.84 Å². The van der Waals surface area contributed by atoms with Crippen LogP contribution < -0.4 is 0 Å². The van der Waals surface area contributed by atoms with Crippen molar-refractivity contribution < 1.29 is 4.84 Å². The third kappa shape index (κ3) is 0.942. The van der Waals surface area contributed by atoms with Crippen molar-refractivity contribution in [2.24, 2.45) is 0 Å². The van der Waals surface area contributed by atoms with Crippen LogP contribution in [0.3, 0.4) is 0 Å². The summed E-state index contributed by atoms with van der Waals surface area (Å²) in [6.07, 6.45) is 2.64. The molecule has 2 fully saturated rings. The van der Waals surface area contributed by atoms with E-state index in [4.69, 9.17) is 16.6 Å². The fourth-order valence-corrected chi connectivity index (χ4v) is 1.46. The van der Waals surface area contributed by atoms with E-state index in [-0.39, 0.29) is 0 Å². The van der Waals surface area contributed by atoms with Gasteiger partial charge in [-0.1, -0.05) is 0 Å². The molecular formula is C5H9ClN2O. The fourth-order valence-electron chi connectivity index (χ4n) is 1.25. The molecule has 0 aromatic rings. The lowest BCUT2D eigenvalue weighted by Crippen LogP contribution is -2.38. The van der Waals surface area contributed by atoms with E-state index in [9.17, 15) is 0 Å². The summed E-state index contributed by atoms with van der Waals surface area (Å²) in [5.74, 6) is 0. The monoisotopic (exact) mass is 148 g/mol. The second-order valence-corrected chi connectivity index (χ2v) is 2.83. The van der Waals surface area contributed by atoms with Crippen molar-refractivity contribution in [1.82, 2.24) is 9.70 Å². The molecule has 0 aromatic carbocycles. The van der Waals surface area contributed by atoms with Crippen molar-refractivity contribution in [2.45, 2.75) is 18.9 Å². The highest BCUT2D eigenvalue weighted by Crippen LogP contribution is 2.25. The summed E-state index contributed by atoms with van der Waals surface area (Å²) < 4.78 is 1.61. The SMILES string of the molecule is ClN1CCC2CCN1O2. The van der Waals surface area contributed by atoms with Gasteiger partial charge >= 0.3 is 0 Å². The van der Waals surface area contributed by atoms with E-state index >= 15 is 0 Å². The molecule has 2 rings (SSSR count). The van der Waals surface area contributed by atoms with Gasteiger partial charge in [-0.3, -0.25) is 4.84 Å². The van der Waals surface area contributed by atoms with Crippen LogP contribution in [0.1, 0.15) is 12.8 Å². The molecule has 0 saturated carbocycles. The molecular weight excluding hydrogens is 140 g/mol. The molecule has 0 spiro atoms. The van der Waals surface area contributed by atoms with E-state index in [1.165, 1.54) is 0 Å². The average molecular weight is 149 g/mol. The minimum absolute atomic E-state index is 0.444. The lowest BCUT2D eigenvalue weighted by atomic mass is 10.2. The number of hydroxylamine groups is 1. The minimum Gasteiger partial charge on any atom is -0.279 e. The zero-order valence-electron chi connectivity index (χ0n) is 5.09. The Kier molecular flexibility index (Phi) is 1.38. The normalized spacial score (nSPS) is 43.7. The van der Waals surface area contributed by atoms with Crippen LogP contribution >= 0.6 is 11.8 Å². The number of hydrogen-bond acceptors (Lipinski definition) is 3. The molecule has 0 radical (unpaired) electrons. The van der Waals surface area contributed by atoms with Crippen LogP contribution in [0.25, 0.3) is 0 Å². The van der Waals surface area contributed by atoms with E-state index in [2.05, 4.69) is 0 Å². The molecule has 0 N–H and O–H groups in total. The molecule has 3 nitrogen and oxygen atoms in total. The third-order valence-electron chi connectivity index (χ3n) is 1.79. The van der Waals surface area contributed by atoms with E-state index in [0.717, 1.165) is 25.9 Å². The third-order valence-corrected chi connectivity index (χ3v) is 2.13. The number of hydrogen-bond donors (Lipinski definition) is 0. The fraction of sp³-hybridized carbons (Fsp3) is 1.00. The highest BCUT2D eigenvalue weighted by molar-refractivity contribution is 6.12. The first kappa shape index (κ1) is 5.92. The van der Waals surface area contributed by atoms with Gasteiger partial charge in [0.05, 0.1) is 6.10 Å². The second-order valence-electron chi connectivity index (χ2n) is 2.44. The molecule has 0 aliphatic carbocycles. The van der Waals surface area contributed by atoms with Crippen molar-refractivity contribution in [3.63, 3.8) is 0 Å². The van der Waals surface area contributed by atoms with Crippen LogP contribution in [0.4, 0.5) is 0 Å². The van der Waals surface area contributed by atoms with Gasteiger partial charge in [0.2, 0.25) is 0 Å². The van der Waals surface area contributed by atoms with Crippen molar-refractivity contribution in [2.75, 3.05) is 13.1 Å². The molecule has 9 heavy (non-hydrogen) atoms. The predicted molar refractivity (Wildman–Crippen MR) is 33.4 cm³/mol. The Morgan fingerprint density at radius 3 is 2.89 bits per heavy atom. The van der Waals surface area contributed by atoms with Gasteiger partial charge in [0.1, 0.15) is 0 Å². The molecule has 2 atom stereocenters. The highest BCUT2D eigenvalue weighted by Gasteiger charge is 2.32. The summed E-state index contributed by atoms with van der Waals surface area (Å²) in [7, 11) is 0. The highest BCUT2D eigenvalue weighted by atomic mass is 35.5. The molecule has 0 amide bonds. The maximum atomic E-state index is 5.74. The summed E-state index contributed by atoms with van der Waals surface area (Å²) in [4.78, 5) is 5.34. The van der Waals surface area contributed by atoms with Gasteiger partial charge in [-0.15, -0.1) is 9.70 Å². The Bertz CT molecular complexity index is 122. The Morgan fingerprint density at radius 1 is 1.33 bits per heavy atom. The molecule has 2 heterocycles. The van der Waals surface area contributed by atoms with E-state index in [1.807, 2.05) is 0 Å². The van der Waals surface area contributed by atoms with Gasteiger partial charge in [0.25, 0.3) is 0 Å². The molecule has 2 saturated heterocycles. The second kappa shape index (κ2) is 2.09. The number of nitrogens with zero attached hydrogens (tertiary/aromatic N) is 2. The number of fused-ring (bicyclic) bond motifs is 2. The molecule has 2 bridgehead atoms. The summed E-state index contributed by atoms with van der Waals surface area (Å²) in [6.45, 7) is 1.88. The van der Waals surface area contributed by atoms with Crippen LogP contribution in [0, 0.1) is 0 Å². The van der Waals surface area contributed by atoms with Gasteiger partial charge < -0.3 is 0 Å². The molecule has 2 aliphatic rings. The molecule has 0 aromatic heterocycles. The first-order valence-electron chi connectivity index (χ1n) is 3.24. The van der Waals surface area contributed by atoms with E-state index < -0.39 is 0 Å². The smallest absolute Gasteiger partial charge is 0.0837 e. The lowest BCUT2D eigenvalue weighted by Gasteiger charge is -2.28. The predicted octanol–water partition coefficient (Wildman–Crippen LogP) is 0.767. The van der Waals surface area contributed by atoms with Gasteiger partial charge in [0.15, 0.2) is 0 Å². The zero-order valence-corrected chi connectivity index (χ0v) is 5.84. The van der Waals surface area contributed by atoms with Crippen LogP contribution in [0.5, 0.6) is 0 Å². The van der Waals surface area contributed by atoms with Gasteiger partial charge in [-0.25, -0.2) is 0 Å². The zero-order chi connectivity index (χ0) is 6.27. The number of rotatable bonds is 0. The van der Waals surface area contributed by atoms with Crippen molar-refractivity contribution >= 4 is 11.8 Å². The first-order valence-corrected chi connectivity index (χ1v) is 3.57. The standard InChI is InChI=1S/C5H9ClN2O/c6-7-3-1-5-2-4-8(7)9-5/h5H,1-4H2. The average Bonchev–Trinajstić information content (AvgIpc) is 2.25. The van der Waals surface area contributed by atoms with Crippen molar-refractivity contribution in [3.8, 4) is 0 Å². The number of halogens is 1. The Balaban J connectivity index is 2.05. The molecule has 4 heteroatoms. The van der Waals surface area contributed by atoms with Gasteiger partial charge in [-0.2, -0.15) is 0 Å². The van der Waals surface area contributed by atoms with Crippen LogP contribution in [0.15, 0.2) is 0 Å². The van der Waals surface area contributed by atoms with Crippen LogP contribution in [-0.4, -0.2) is 28.9 Å². The number of hydrazine groups is 1. The quantitative estimate of drug-likeness (QED) is 0.472. The summed E-state index contributed by atoms with van der Waals surface area (Å²) >= 11 is 5.74. The summed E-state index contributed by atoms with van der Waals surface area (Å²) in [5.41, 5.74) is 0. The minimum atomic E-state index is 0.444. The summed E-state index contributed by atoms with van der Waals surface area (Å²) in [5, 5.41) is 1.73. The first-order chi connectivity index (χ1) is 4.36.